The summed E-state index contributed by atoms with van der Waals surface area (Å²) < 4.78 is 7.20. The van der Waals surface area contributed by atoms with Gasteiger partial charge in [0.1, 0.15) is 23.9 Å². The number of hydrogen-bond donors (Lipinski definition) is 2. The number of aromatic amines is 1. The molecule has 7 nitrogen and oxygen atoms in total. The molecular formula is C20H29ClN4O3. The Morgan fingerprint density at radius 3 is 2.36 bits per heavy atom. The Morgan fingerprint density at radius 1 is 1.14 bits per heavy atom. The summed E-state index contributed by atoms with van der Waals surface area (Å²) in [6, 6.07) is 7.10. The maximum absolute atomic E-state index is 12.5. The fourth-order valence-corrected chi connectivity index (χ4v) is 3.10. The van der Waals surface area contributed by atoms with E-state index in [0.717, 1.165) is 0 Å². The Bertz CT molecular complexity index is 888. The Kier molecular flexibility index (Phi) is 7.57. The van der Waals surface area contributed by atoms with Crippen LogP contribution in [-0.4, -0.2) is 29.2 Å². The molecule has 0 aliphatic carbocycles. The molecule has 0 spiro atoms. The van der Waals surface area contributed by atoms with Crippen molar-refractivity contribution in [3.63, 3.8) is 0 Å². The van der Waals surface area contributed by atoms with Gasteiger partial charge in [0, 0.05) is 18.1 Å². The summed E-state index contributed by atoms with van der Waals surface area (Å²) in [5.41, 5.74) is 5.61. The third-order valence-corrected chi connectivity index (χ3v) is 4.36. The molecule has 8 heteroatoms. The Balaban J connectivity index is 2.27. The normalized spacial score (nSPS) is 11.2. The van der Waals surface area contributed by atoms with Gasteiger partial charge in [0.15, 0.2) is 0 Å². The van der Waals surface area contributed by atoms with E-state index in [1.165, 1.54) is 4.57 Å². The van der Waals surface area contributed by atoms with E-state index in [1.54, 1.807) is 24.3 Å². The second-order valence-electron chi connectivity index (χ2n) is 7.64. The van der Waals surface area contributed by atoms with E-state index < -0.39 is 11.2 Å². The molecule has 28 heavy (non-hydrogen) atoms. The van der Waals surface area contributed by atoms with Gasteiger partial charge in [-0.15, -0.1) is 0 Å². The molecule has 1 aromatic carbocycles. The number of nitrogens with zero attached hydrogens (tertiary/aromatic N) is 2. The molecule has 1 aromatic heterocycles. The summed E-state index contributed by atoms with van der Waals surface area (Å²) in [5, 5.41) is 0.639. The molecule has 2 aromatic rings. The van der Waals surface area contributed by atoms with Gasteiger partial charge in [-0.2, -0.15) is 0 Å². The third kappa shape index (κ3) is 5.79. The van der Waals surface area contributed by atoms with Gasteiger partial charge >= 0.3 is 5.69 Å². The van der Waals surface area contributed by atoms with Crippen LogP contribution in [0.4, 0.5) is 11.5 Å². The highest BCUT2D eigenvalue weighted by atomic mass is 35.5. The fourth-order valence-electron chi connectivity index (χ4n) is 2.97. The first kappa shape index (κ1) is 21.9. The van der Waals surface area contributed by atoms with Crippen LogP contribution in [0, 0.1) is 11.8 Å². The molecule has 0 unspecified atom stereocenters. The lowest BCUT2D eigenvalue weighted by Crippen LogP contribution is -2.41. The van der Waals surface area contributed by atoms with Crippen LogP contribution in [0.1, 0.15) is 27.7 Å². The van der Waals surface area contributed by atoms with Crippen molar-refractivity contribution >= 4 is 23.1 Å². The van der Waals surface area contributed by atoms with E-state index in [4.69, 9.17) is 22.1 Å². The number of rotatable bonds is 9. The number of benzene rings is 1. The molecule has 0 saturated carbocycles. The minimum atomic E-state index is -0.484. The molecule has 3 N–H and O–H groups in total. The van der Waals surface area contributed by atoms with Crippen LogP contribution in [0.3, 0.4) is 0 Å². The van der Waals surface area contributed by atoms with E-state index >= 15 is 0 Å². The van der Waals surface area contributed by atoms with E-state index in [0.29, 0.717) is 48.6 Å². The molecule has 2 rings (SSSR count). The van der Waals surface area contributed by atoms with Crippen LogP contribution >= 0.6 is 11.6 Å². The van der Waals surface area contributed by atoms with Crippen molar-refractivity contribution in [2.75, 3.05) is 30.3 Å². The summed E-state index contributed by atoms with van der Waals surface area (Å²) in [4.78, 5) is 29.0. The van der Waals surface area contributed by atoms with Crippen molar-refractivity contribution in [3.05, 3.63) is 50.1 Å². The number of hydrogen-bond acceptors (Lipinski definition) is 5. The summed E-state index contributed by atoms with van der Waals surface area (Å²) in [6.45, 7) is 9.95. The first-order valence-electron chi connectivity index (χ1n) is 9.45. The van der Waals surface area contributed by atoms with Crippen molar-refractivity contribution in [2.45, 2.75) is 34.2 Å². The molecule has 0 saturated heterocycles. The zero-order valence-corrected chi connectivity index (χ0v) is 17.6. The lowest BCUT2D eigenvalue weighted by Gasteiger charge is -2.28. The average molecular weight is 409 g/mol. The Labute approximate surface area is 170 Å². The third-order valence-electron chi connectivity index (χ3n) is 4.11. The number of nitrogens with one attached hydrogen (secondary N) is 1. The van der Waals surface area contributed by atoms with Gasteiger partial charge in [0.2, 0.25) is 0 Å². The monoisotopic (exact) mass is 408 g/mol. The van der Waals surface area contributed by atoms with Gasteiger partial charge in [0.05, 0.1) is 6.54 Å². The smallest absolute Gasteiger partial charge is 0.330 e. The van der Waals surface area contributed by atoms with Crippen LogP contribution < -0.4 is 26.6 Å². The molecule has 0 fully saturated rings. The Morgan fingerprint density at radius 2 is 1.79 bits per heavy atom. The molecule has 0 atom stereocenters. The number of H-pyrrole nitrogens is 1. The van der Waals surface area contributed by atoms with Crippen LogP contribution in [0.25, 0.3) is 0 Å². The molecule has 0 aliphatic heterocycles. The van der Waals surface area contributed by atoms with Gasteiger partial charge in [-0.3, -0.25) is 14.3 Å². The lowest BCUT2D eigenvalue weighted by atomic mass is 10.2. The highest BCUT2D eigenvalue weighted by Crippen LogP contribution is 2.20. The maximum atomic E-state index is 12.5. The number of aromatic nitrogens is 2. The first-order chi connectivity index (χ1) is 13.2. The first-order valence-corrected chi connectivity index (χ1v) is 9.82. The molecule has 0 bridgehead atoms. The molecule has 1 heterocycles. The number of nitrogen functional groups attached to an aromatic ring is 1. The Hall–Kier alpha value is -2.41. The maximum Gasteiger partial charge on any atom is 0.330 e. The summed E-state index contributed by atoms with van der Waals surface area (Å²) in [6.07, 6.45) is 0. The van der Waals surface area contributed by atoms with Crippen molar-refractivity contribution in [1.82, 2.24) is 9.55 Å². The second-order valence-corrected chi connectivity index (χ2v) is 8.08. The van der Waals surface area contributed by atoms with Crippen molar-refractivity contribution in [1.29, 1.82) is 0 Å². The standard InChI is InChI=1S/C20H29ClN4O3/c1-13(2)11-24(9-10-28-16-7-5-15(21)6-8-16)17-18(22)25(12-14(3)4)20(27)23-19(17)26/h5-8,13-14H,9-12,22H2,1-4H3,(H,23,26,27). The minimum Gasteiger partial charge on any atom is -0.492 e. The van der Waals surface area contributed by atoms with Crippen molar-refractivity contribution in [2.24, 2.45) is 11.8 Å². The highest BCUT2D eigenvalue weighted by Gasteiger charge is 2.20. The van der Waals surface area contributed by atoms with Crippen molar-refractivity contribution < 1.29 is 4.74 Å². The molecule has 154 valence electrons. The number of nitrogens with two attached hydrogens (primary N) is 1. The molecule has 0 radical (unpaired) electrons. The number of halogens is 1. The highest BCUT2D eigenvalue weighted by molar-refractivity contribution is 6.30. The van der Waals surface area contributed by atoms with E-state index in [9.17, 15) is 9.59 Å². The van der Waals surface area contributed by atoms with Crippen LogP contribution in [0.15, 0.2) is 33.9 Å². The van der Waals surface area contributed by atoms with Gasteiger partial charge in [-0.05, 0) is 36.1 Å². The average Bonchev–Trinajstić information content (AvgIpc) is 2.59. The van der Waals surface area contributed by atoms with Gasteiger partial charge < -0.3 is 15.4 Å². The minimum absolute atomic E-state index is 0.189. The second kappa shape index (κ2) is 9.68. The van der Waals surface area contributed by atoms with Gasteiger partial charge in [-0.25, -0.2) is 4.79 Å². The SMILES string of the molecule is CC(C)CN(CCOc1ccc(Cl)cc1)c1c(N)n(CC(C)C)c(=O)[nH]c1=O. The predicted molar refractivity (Wildman–Crippen MR) is 115 cm³/mol. The van der Waals surface area contributed by atoms with Crippen molar-refractivity contribution in [3.8, 4) is 5.75 Å². The molecule has 0 amide bonds. The van der Waals surface area contributed by atoms with Crippen LogP contribution in [-0.2, 0) is 6.54 Å². The van der Waals surface area contributed by atoms with E-state index in [-0.39, 0.29) is 11.7 Å². The lowest BCUT2D eigenvalue weighted by molar-refractivity contribution is 0.321. The quantitative estimate of drug-likeness (QED) is 0.665. The predicted octanol–water partition coefficient (Wildman–Crippen LogP) is 2.97. The molecule has 0 aliphatic rings. The summed E-state index contributed by atoms with van der Waals surface area (Å²) >= 11 is 5.89. The zero-order chi connectivity index (χ0) is 20.8. The van der Waals surface area contributed by atoms with Gasteiger partial charge in [0.25, 0.3) is 5.56 Å². The van der Waals surface area contributed by atoms with E-state index in [2.05, 4.69) is 18.8 Å². The number of anilines is 2. The van der Waals surface area contributed by atoms with E-state index in [1.807, 2.05) is 18.7 Å². The number of ether oxygens (including phenoxy) is 1. The zero-order valence-electron chi connectivity index (χ0n) is 16.9. The van der Waals surface area contributed by atoms with Gasteiger partial charge in [-0.1, -0.05) is 39.3 Å². The summed E-state index contributed by atoms with van der Waals surface area (Å²) in [7, 11) is 0. The molecular weight excluding hydrogens is 380 g/mol. The summed E-state index contributed by atoms with van der Waals surface area (Å²) in [5.74, 6) is 1.39. The van der Waals surface area contributed by atoms with Crippen LogP contribution in [0.5, 0.6) is 5.75 Å². The topological polar surface area (TPSA) is 93.3 Å². The fraction of sp³-hybridized carbons (Fsp3) is 0.500. The van der Waals surface area contributed by atoms with Crippen LogP contribution in [0.2, 0.25) is 5.02 Å². The largest absolute Gasteiger partial charge is 0.492 e.